The predicted molar refractivity (Wildman–Crippen MR) is 48.9 cm³/mol. The zero-order valence-corrected chi connectivity index (χ0v) is 7.73. The van der Waals surface area contributed by atoms with Crippen molar-refractivity contribution < 1.29 is 0 Å². The lowest BCUT2D eigenvalue weighted by atomic mass is 10.5. The van der Waals surface area contributed by atoms with E-state index in [1.54, 1.807) is 23.0 Å². The van der Waals surface area contributed by atoms with Gasteiger partial charge in [0.2, 0.25) is 0 Å². The van der Waals surface area contributed by atoms with E-state index in [1.165, 1.54) is 6.33 Å². The van der Waals surface area contributed by atoms with E-state index >= 15 is 0 Å². The van der Waals surface area contributed by atoms with Gasteiger partial charge in [-0.3, -0.25) is 0 Å². The first-order valence-electron chi connectivity index (χ1n) is 3.76. The van der Waals surface area contributed by atoms with E-state index in [2.05, 4.69) is 15.1 Å². The molecule has 66 valence electrons. The number of aryl methyl sites for hydroxylation is 1. The van der Waals surface area contributed by atoms with Crippen LogP contribution < -0.4 is 0 Å². The van der Waals surface area contributed by atoms with Crippen LogP contribution >= 0.6 is 11.6 Å². The minimum atomic E-state index is 0.552. The molecule has 0 aliphatic heterocycles. The molecule has 0 spiro atoms. The maximum Gasteiger partial charge on any atom is 0.158 e. The lowest BCUT2D eigenvalue weighted by Crippen LogP contribution is -1.99. The Morgan fingerprint density at radius 1 is 1.46 bits per heavy atom. The van der Waals surface area contributed by atoms with E-state index < -0.39 is 0 Å². The second-order valence-electron chi connectivity index (χ2n) is 2.59. The van der Waals surface area contributed by atoms with E-state index in [-0.39, 0.29) is 0 Å². The zero-order chi connectivity index (χ0) is 9.26. The molecular weight excluding hydrogens is 188 g/mol. The molecule has 0 atom stereocenters. The Labute approximate surface area is 80.2 Å². The van der Waals surface area contributed by atoms with Gasteiger partial charge in [-0.2, -0.15) is 5.10 Å². The highest BCUT2D eigenvalue weighted by atomic mass is 35.5. The van der Waals surface area contributed by atoms with Crippen LogP contribution in [-0.2, 0) is 0 Å². The summed E-state index contributed by atoms with van der Waals surface area (Å²) < 4.78 is 1.57. The Morgan fingerprint density at radius 2 is 2.31 bits per heavy atom. The van der Waals surface area contributed by atoms with Gasteiger partial charge in [0.05, 0.1) is 5.69 Å². The molecule has 2 aromatic rings. The molecular formula is C8H7ClN4. The molecule has 0 aliphatic carbocycles. The lowest BCUT2D eigenvalue weighted by Gasteiger charge is -1.99. The van der Waals surface area contributed by atoms with Crippen LogP contribution in [0.3, 0.4) is 0 Å². The summed E-state index contributed by atoms with van der Waals surface area (Å²) in [5.41, 5.74) is 0.864. The molecule has 0 aromatic carbocycles. The molecule has 2 rings (SSSR count). The van der Waals surface area contributed by atoms with Gasteiger partial charge in [0.1, 0.15) is 11.5 Å². The largest absolute Gasteiger partial charge is 0.245 e. The number of nitrogens with zero attached hydrogens (tertiary/aromatic N) is 4. The Hall–Kier alpha value is -1.42. The van der Waals surface area contributed by atoms with Crippen LogP contribution in [0.2, 0.25) is 5.15 Å². The van der Waals surface area contributed by atoms with Gasteiger partial charge < -0.3 is 0 Å². The van der Waals surface area contributed by atoms with E-state index in [4.69, 9.17) is 11.6 Å². The molecule has 0 bridgehead atoms. The van der Waals surface area contributed by atoms with Crippen LogP contribution in [0.25, 0.3) is 5.82 Å². The minimum Gasteiger partial charge on any atom is -0.245 e. The fraction of sp³-hybridized carbons (Fsp3) is 0.125. The summed E-state index contributed by atoms with van der Waals surface area (Å²) in [6, 6.07) is 3.53. The summed E-state index contributed by atoms with van der Waals surface area (Å²) in [7, 11) is 0. The smallest absolute Gasteiger partial charge is 0.158 e. The summed E-state index contributed by atoms with van der Waals surface area (Å²) in [6.45, 7) is 1.88. The Bertz CT molecular complexity index is 409. The topological polar surface area (TPSA) is 43.6 Å². The van der Waals surface area contributed by atoms with Crippen LogP contribution in [0.1, 0.15) is 5.69 Å². The van der Waals surface area contributed by atoms with Gasteiger partial charge in [-0.25, -0.2) is 14.6 Å². The maximum absolute atomic E-state index is 5.92. The molecule has 0 amide bonds. The molecule has 2 heterocycles. The Balaban J connectivity index is 2.53. The lowest BCUT2D eigenvalue weighted by molar-refractivity contribution is 0.826. The van der Waals surface area contributed by atoms with E-state index in [0.29, 0.717) is 11.0 Å². The summed E-state index contributed by atoms with van der Waals surface area (Å²) in [5, 5.41) is 4.73. The van der Waals surface area contributed by atoms with Crippen molar-refractivity contribution >= 4 is 11.6 Å². The third kappa shape index (κ3) is 1.53. The highest BCUT2D eigenvalue weighted by Crippen LogP contribution is 2.14. The fourth-order valence-corrected chi connectivity index (χ4v) is 1.32. The molecule has 0 unspecified atom stereocenters. The molecule has 0 saturated heterocycles. The molecule has 2 aromatic heterocycles. The van der Waals surface area contributed by atoms with Crippen molar-refractivity contribution in [3.05, 3.63) is 35.5 Å². The zero-order valence-electron chi connectivity index (χ0n) is 6.98. The van der Waals surface area contributed by atoms with Crippen LogP contribution in [0.4, 0.5) is 0 Å². The van der Waals surface area contributed by atoms with Crippen molar-refractivity contribution in [1.82, 2.24) is 19.7 Å². The van der Waals surface area contributed by atoms with E-state index in [0.717, 1.165) is 5.69 Å². The molecule has 4 nitrogen and oxygen atoms in total. The van der Waals surface area contributed by atoms with Crippen LogP contribution in [0, 0.1) is 6.92 Å². The van der Waals surface area contributed by atoms with Crippen molar-refractivity contribution in [3.63, 3.8) is 0 Å². The molecule has 0 fully saturated rings. The molecule has 0 radical (unpaired) electrons. The van der Waals surface area contributed by atoms with Crippen molar-refractivity contribution in [1.29, 1.82) is 0 Å². The third-order valence-electron chi connectivity index (χ3n) is 1.57. The van der Waals surface area contributed by atoms with Crippen LogP contribution in [0.5, 0.6) is 0 Å². The van der Waals surface area contributed by atoms with E-state index in [9.17, 15) is 0 Å². The monoisotopic (exact) mass is 194 g/mol. The number of hydrogen-bond acceptors (Lipinski definition) is 3. The van der Waals surface area contributed by atoms with Gasteiger partial charge in [-0.1, -0.05) is 11.6 Å². The highest BCUT2D eigenvalue weighted by Gasteiger charge is 2.04. The van der Waals surface area contributed by atoms with Gasteiger partial charge in [-0.15, -0.1) is 0 Å². The van der Waals surface area contributed by atoms with Gasteiger partial charge in [0, 0.05) is 12.3 Å². The van der Waals surface area contributed by atoms with Crippen molar-refractivity contribution in [2.24, 2.45) is 0 Å². The number of aromatic nitrogens is 4. The van der Waals surface area contributed by atoms with Crippen LogP contribution in [-0.4, -0.2) is 19.7 Å². The first-order valence-corrected chi connectivity index (χ1v) is 4.14. The molecule has 5 heteroatoms. The van der Waals surface area contributed by atoms with Crippen molar-refractivity contribution in [2.75, 3.05) is 0 Å². The first-order chi connectivity index (χ1) is 6.27. The number of halogens is 1. The summed E-state index contributed by atoms with van der Waals surface area (Å²) >= 11 is 5.92. The second-order valence-corrected chi connectivity index (χ2v) is 2.98. The maximum atomic E-state index is 5.92. The summed E-state index contributed by atoms with van der Waals surface area (Å²) in [4.78, 5) is 7.84. The average molecular weight is 195 g/mol. The quantitative estimate of drug-likeness (QED) is 0.693. The second kappa shape index (κ2) is 3.14. The molecule has 0 saturated carbocycles. The standard InChI is InChI=1S/C8H7ClN4/c1-6-4-7(9)13(12-6)8-2-3-10-5-11-8/h2-5H,1H3. The average Bonchev–Trinajstić information content (AvgIpc) is 2.47. The Kier molecular flexibility index (Phi) is 1.98. The van der Waals surface area contributed by atoms with Gasteiger partial charge in [0.25, 0.3) is 0 Å². The number of hydrogen-bond donors (Lipinski definition) is 0. The van der Waals surface area contributed by atoms with Gasteiger partial charge >= 0.3 is 0 Å². The third-order valence-corrected chi connectivity index (χ3v) is 1.84. The predicted octanol–water partition coefficient (Wildman–Crippen LogP) is 1.62. The molecule has 0 aliphatic rings. The first kappa shape index (κ1) is 8.19. The van der Waals surface area contributed by atoms with Crippen molar-refractivity contribution in [3.8, 4) is 5.82 Å². The molecule has 0 N–H and O–H groups in total. The van der Waals surface area contributed by atoms with Crippen molar-refractivity contribution in [2.45, 2.75) is 6.92 Å². The highest BCUT2D eigenvalue weighted by molar-refractivity contribution is 6.29. The summed E-state index contributed by atoms with van der Waals surface area (Å²) in [6.07, 6.45) is 3.11. The SMILES string of the molecule is Cc1cc(Cl)n(-c2ccncn2)n1. The van der Waals surface area contributed by atoms with Crippen LogP contribution in [0.15, 0.2) is 24.7 Å². The van der Waals surface area contributed by atoms with Gasteiger partial charge in [-0.05, 0) is 13.0 Å². The fourth-order valence-electron chi connectivity index (χ4n) is 1.04. The van der Waals surface area contributed by atoms with Gasteiger partial charge in [0.15, 0.2) is 5.82 Å². The minimum absolute atomic E-state index is 0.552. The molecule has 13 heavy (non-hydrogen) atoms. The Morgan fingerprint density at radius 3 is 2.85 bits per heavy atom. The normalized spacial score (nSPS) is 10.3. The number of rotatable bonds is 1. The van der Waals surface area contributed by atoms with E-state index in [1.807, 2.05) is 6.92 Å². The summed E-state index contributed by atoms with van der Waals surface area (Å²) in [5.74, 6) is 0.674.